The van der Waals surface area contributed by atoms with Gasteiger partial charge in [0.2, 0.25) is 5.91 Å². The van der Waals surface area contributed by atoms with E-state index in [-0.39, 0.29) is 30.1 Å². The predicted molar refractivity (Wildman–Crippen MR) is 94.4 cm³/mol. The molecule has 0 spiro atoms. The number of hydrogen-bond acceptors (Lipinski definition) is 3. The summed E-state index contributed by atoms with van der Waals surface area (Å²) >= 11 is 0. The lowest BCUT2D eigenvalue weighted by atomic mass is 10.0. The van der Waals surface area contributed by atoms with Gasteiger partial charge in [-0.25, -0.2) is 0 Å². The lowest BCUT2D eigenvalue weighted by Crippen LogP contribution is -2.57. The minimum Gasteiger partial charge on any atom is -0.351 e. The first-order valence-corrected chi connectivity index (χ1v) is 8.09. The van der Waals surface area contributed by atoms with Crippen LogP contribution in [0.2, 0.25) is 0 Å². The molecule has 24 heavy (non-hydrogen) atoms. The van der Waals surface area contributed by atoms with E-state index < -0.39 is 0 Å². The Morgan fingerprint density at radius 3 is 2.29 bits per heavy atom. The van der Waals surface area contributed by atoms with Crippen molar-refractivity contribution in [1.29, 1.82) is 0 Å². The minimum atomic E-state index is 0. The number of amides is 2. The average molecular weight is 349 g/mol. The minimum absolute atomic E-state index is 0. The number of hydrogen-bond donors (Lipinski definition) is 2. The van der Waals surface area contributed by atoms with E-state index >= 15 is 0 Å². The van der Waals surface area contributed by atoms with E-state index in [1.54, 1.807) is 0 Å². The summed E-state index contributed by atoms with van der Waals surface area (Å²) in [5, 5.41) is 4.17. The number of para-hydroxylation sites is 1. The number of carbonyl (C=O) groups excluding carboxylic acids is 2. The number of piperazine rings is 1. The molecule has 3 heterocycles. The van der Waals surface area contributed by atoms with Crippen LogP contribution in [0, 0.1) is 5.92 Å². The molecule has 1 aromatic carbocycles. The van der Waals surface area contributed by atoms with Crippen LogP contribution in [0.15, 0.2) is 30.3 Å². The first-order chi connectivity index (χ1) is 11.2. The number of aromatic nitrogens is 1. The Morgan fingerprint density at radius 2 is 1.67 bits per heavy atom. The quantitative estimate of drug-likeness (QED) is 0.853. The molecular formula is C17H21ClN4O2. The monoisotopic (exact) mass is 348 g/mol. The molecule has 2 aliphatic rings. The van der Waals surface area contributed by atoms with Crippen molar-refractivity contribution >= 4 is 35.1 Å². The number of benzene rings is 1. The van der Waals surface area contributed by atoms with Gasteiger partial charge in [-0.05, 0) is 12.1 Å². The van der Waals surface area contributed by atoms with Gasteiger partial charge >= 0.3 is 0 Å². The molecule has 4 rings (SSSR count). The van der Waals surface area contributed by atoms with Crippen molar-refractivity contribution in [2.45, 2.75) is 0 Å². The summed E-state index contributed by atoms with van der Waals surface area (Å²) < 4.78 is 0. The topological polar surface area (TPSA) is 68.4 Å². The summed E-state index contributed by atoms with van der Waals surface area (Å²) in [7, 11) is 0. The fourth-order valence-electron chi connectivity index (χ4n) is 3.21. The number of aromatic amines is 1. The molecule has 2 N–H and O–H groups in total. The van der Waals surface area contributed by atoms with E-state index in [0.717, 1.165) is 24.0 Å². The Bertz CT molecular complexity index is 715. The molecule has 0 unspecified atom stereocenters. The molecule has 0 radical (unpaired) electrons. The molecule has 2 amide bonds. The maximum absolute atomic E-state index is 12.6. The summed E-state index contributed by atoms with van der Waals surface area (Å²) in [4.78, 5) is 31.7. The van der Waals surface area contributed by atoms with Gasteiger partial charge in [0.1, 0.15) is 5.69 Å². The van der Waals surface area contributed by atoms with Crippen LogP contribution in [-0.4, -0.2) is 65.9 Å². The Hall–Kier alpha value is -2.05. The SMILES string of the molecule is Cl.O=C(c1cc2ccccc2[nH]1)N1CCN(C(=O)C2CNC2)CC1. The number of nitrogens with zero attached hydrogens (tertiary/aromatic N) is 2. The lowest BCUT2D eigenvalue weighted by Gasteiger charge is -2.38. The first kappa shape index (κ1) is 16.8. The molecule has 2 saturated heterocycles. The molecule has 2 fully saturated rings. The Morgan fingerprint density at radius 1 is 1.00 bits per heavy atom. The second-order valence-corrected chi connectivity index (χ2v) is 6.24. The van der Waals surface area contributed by atoms with Gasteiger partial charge in [-0.15, -0.1) is 12.4 Å². The molecule has 0 bridgehead atoms. The maximum atomic E-state index is 12.6. The van der Waals surface area contributed by atoms with E-state index in [9.17, 15) is 9.59 Å². The van der Waals surface area contributed by atoms with Crippen molar-refractivity contribution in [1.82, 2.24) is 20.1 Å². The third-order valence-corrected chi connectivity index (χ3v) is 4.77. The number of halogens is 1. The molecule has 128 valence electrons. The van der Waals surface area contributed by atoms with E-state index in [2.05, 4.69) is 10.3 Å². The number of rotatable bonds is 2. The maximum Gasteiger partial charge on any atom is 0.270 e. The van der Waals surface area contributed by atoms with Crippen molar-refractivity contribution < 1.29 is 9.59 Å². The second kappa shape index (κ2) is 6.83. The van der Waals surface area contributed by atoms with E-state index in [1.165, 1.54) is 0 Å². The standard InChI is InChI=1S/C17H20N4O2.ClH/c22-16(13-10-18-11-13)20-5-7-21(8-6-20)17(23)15-9-12-3-1-2-4-14(12)19-15;/h1-4,9,13,18-19H,5-8,10-11H2;1H. The highest BCUT2D eigenvalue weighted by molar-refractivity contribution is 5.98. The van der Waals surface area contributed by atoms with Crippen LogP contribution in [0.1, 0.15) is 10.5 Å². The summed E-state index contributed by atoms with van der Waals surface area (Å²) in [5.74, 6) is 0.367. The van der Waals surface area contributed by atoms with Crippen molar-refractivity contribution in [3.63, 3.8) is 0 Å². The summed E-state index contributed by atoms with van der Waals surface area (Å²) in [6.45, 7) is 4.02. The van der Waals surface area contributed by atoms with Gasteiger partial charge in [0.05, 0.1) is 5.92 Å². The zero-order valence-electron chi connectivity index (χ0n) is 13.3. The molecule has 2 aromatic rings. The molecule has 1 aromatic heterocycles. The zero-order valence-corrected chi connectivity index (χ0v) is 14.1. The Labute approximate surface area is 146 Å². The van der Waals surface area contributed by atoms with Crippen LogP contribution >= 0.6 is 12.4 Å². The molecule has 0 atom stereocenters. The summed E-state index contributed by atoms with van der Waals surface area (Å²) in [6, 6.07) is 9.77. The van der Waals surface area contributed by atoms with Gasteiger partial charge in [-0.2, -0.15) is 0 Å². The highest BCUT2D eigenvalue weighted by Crippen LogP contribution is 2.17. The number of nitrogens with one attached hydrogen (secondary N) is 2. The van der Waals surface area contributed by atoms with E-state index in [4.69, 9.17) is 0 Å². The second-order valence-electron chi connectivity index (χ2n) is 6.24. The van der Waals surface area contributed by atoms with Gasteiger partial charge < -0.3 is 20.1 Å². The van der Waals surface area contributed by atoms with Crippen molar-refractivity contribution in [2.24, 2.45) is 5.92 Å². The number of carbonyl (C=O) groups is 2. The van der Waals surface area contributed by atoms with Crippen LogP contribution in [0.5, 0.6) is 0 Å². The molecule has 7 heteroatoms. The largest absolute Gasteiger partial charge is 0.351 e. The number of H-pyrrole nitrogens is 1. The van der Waals surface area contributed by atoms with Crippen LogP contribution < -0.4 is 5.32 Å². The van der Waals surface area contributed by atoms with Crippen LogP contribution in [0.3, 0.4) is 0 Å². The summed E-state index contributed by atoms with van der Waals surface area (Å²) in [6.07, 6.45) is 0. The molecule has 6 nitrogen and oxygen atoms in total. The Kier molecular flexibility index (Phi) is 4.78. The van der Waals surface area contributed by atoms with Crippen molar-refractivity contribution in [3.05, 3.63) is 36.0 Å². The van der Waals surface area contributed by atoms with Crippen molar-refractivity contribution in [2.75, 3.05) is 39.3 Å². The first-order valence-electron chi connectivity index (χ1n) is 8.09. The lowest BCUT2D eigenvalue weighted by molar-refractivity contribution is -0.138. The smallest absolute Gasteiger partial charge is 0.270 e. The van der Waals surface area contributed by atoms with Crippen LogP contribution in [-0.2, 0) is 4.79 Å². The van der Waals surface area contributed by atoms with E-state index in [1.807, 2.05) is 40.1 Å². The van der Waals surface area contributed by atoms with Gasteiger partial charge in [0.25, 0.3) is 5.91 Å². The third-order valence-electron chi connectivity index (χ3n) is 4.77. The van der Waals surface area contributed by atoms with Gasteiger partial charge in [-0.1, -0.05) is 18.2 Å². The van der Waals surface area contributed by atoms with E-state index in [0.29, 0.717) is 31.9 Å². The highest BCUT2D eigenvalue weighted by atomic mass is 35.5. The highest BCUT2D eigenvalue weighted by Gasteiger charge is 2.32. The predicted octanol–water partition coefficient (Wildman–Crippen LogP) is 1.09. The zero-order chi connectivity index (χ0) is 15.8. The average Bonchev–Trinajstić information content (AvgIpc) is 2.96. The van der Waals surface area contributed by atoms with Crippen molar-refractivity contribution in [3.8, 4) is 0 Å². The molecule has 0 saturated carbocycles. The van der Waals surface area contributed by atoms with Crippen LogP contribution in [0.4, 0.5) is 0 Å². The summed E-state index contributed by atoms with van der Waals surface area (Å²) in [5.41, 5.74) is 1.59. The molecule has 0 aliphatic carbocycles. The normalized spacial score (nSPS) is 18.2. The fourth-order valence-corrected chi connectivity index (χ4v) is 3.21. The van der Waals surface area contributed by atoms with Gasteiger partial charge in [0.15, 0.2) is 0 Å². The van der Waals surface area contributed by atoms with Crippen LogP contribution in [0.25, 0.3) is 10.9 Å². The van der Waals surface area contributed by atoms with Gasteiger partial charge in [0, 0.05) is 50.2 Å². The molecule has 2 aliphatic heterocycles. The molecular weight excluding hydrogens is 328 g/mol. The van der Waals surface area contributed by atoms with Gasteiger partial charge in [-0.3, -0.25) is 9.59 Å². The third kappa shape index (κ3) is 2.99. The fraction of sp³-hybridized carbons (Fsp3) is 0.412. The number of fused-ring (bicyclic) bond motifs is 1. The Balaban J connectivity index is 0.00000169.